The van der Waals surface area contributed by atoms with Crippen LogP contribution in [-0.2, 0) is 19.4 Å². The minimum Gasteiger partial charge on any atom is -0.381 e. The van der Waals surface area contributed by atoms with Crippen LogP contribution in [-0.4, -0.2) is 63.1 Å². The number of nitrogens with zero attached hydrogens (tertiary/aromatic N) is 1. The highest BCUT2D eigenvalue weighted by atomic mass is 32.2. The Balaban J connectivity index is 1.88. The summed E-state index contributed by atoms with van der Waals surface area (Å²) in [5, 5.41) is 0. The quantitative estimate of drug-likeness (QED) is 0.702. The third kappa shape index (κ3) is 4.71. The average molecular weight is 304 g/mol. The number of carbonyl (C=O) groups excluding carboxylic acids is 1. The van der Waals surface area contributed by atoms with Crippen LogP contribution in [0, 0.1) is 5.92 Å². The lowest BCUT2D eigenvalue weighted by Gasteiger charge is -2.27. The van der Waals surface area contributed by atoms with Gasteiger partial charge in [-0.15, -0.1) is 0 Å². The van der Waals surface area contributed by atoms with Crippen LogP contribution in [0.5, 0.6) is 0 Å². The molecule has 2 unspecified atom stereocenters. The number of ether oxygens (including phenoxy) is 1. The minimum atomic E-state index is -3.08. The van der Waals surface area contributed by atoms with E-state index in [2.05, 4.69) is 0 Å². The number of hydrogen-bond acceptors (Lipinski definition) is 5. The van der Waals surface area contributed by atoms with Crippen molar-refractivity contribution in [2.45, 2.75) is 37.8 Å². The molecule has 1 saturated carbocycles. The van der Waals surface area contributed by atoms with E-state index in [1.54, 1.807) is 0 Å². The van der Waals surface area contributed by atoms with Crippen LogP contribution in [0.25, 0.3) is 0 Å². The van der Waals surface area contributed by atoms with Gasteiger partial charge in [-0.25, -0.2) is 8.42 Å². The normalized spacial score (nSPS) is 24.6. The molecule has 2 atom stereocenters. The fourth-order valence-electron chi connectivity index (χ4n) is 2.49. The monoisotopic (exact) mass is 304 g/mol. The standard InChI is InChI=1S/C13H24N2O4S/c1-20(17,18)7-5-12(14)13(16)15(11-2-3-11)8-10-4-6-19-9-10/h10-12H,2-9,14H2,1H3. The maximum atomic E-state index is 12.4. The molecule has 6 nitrogen and oxygen atoms in total. The van der Waals surface area contributed by atoms with Gasteiger partial charge in [-0.05, 0) is 25.7 Å². The number of rotatable bonds is 7. The highest BCUT2D eigenvalue weighted by Crippen LogP contribution is 2.29. The van der Waals surface area contributed by atoms with Crippen molar-refractivity contribution in [3.63, 3.8) is 0 Å². The van der Waals surface area contributed by atoms with Gasteiger partial charge in [-0.1, -0.05) is 0 Å². The third-order valence-electron chi connectivity index (χ3n) is 3.87. The Morgan fingerprint density at radius 2 is 2.10 bits per heavy atom. The molecule has 2 rings (SSSR count). The maximum absolute atomic E-state index is 12.4. The van der Waals surface area contributed by atoms with Crippen LogP contribution in [0.3, 0.4) is 0 Å². The first-order valence-electron chi connectivity index (χ1n) is 7.18. The molecule has 2 N–H and O–H groups in total. The van der Waals surface area contributed by atoms with Crippen LogP contribution in [0.4, 0.5) is 0 Å². The van der Waals surface area contributed by atoms with Crippen LogP contribution in [0.15, 0.2) is 0 Å². The molecule has 7 heteroatoms. The molecule has 2 fully saturated rings. The van der Waals surface area contributed by atoms with E-state index in [1.807, 2.05) is 4.90 Å². The number of hydrogen-bond donors (Lipinski definition) is 1. The second-order valence-electron chi connectivity index (χ2n) is 5.98. The van der Waals surface area contributed by atoms with E-state index in [0.717, 1.165) is 25.9 Å². The summed E-state index contributed by atoms with van der Waals surface area (Å²) in [7, 11) is -3.08. The van der Waals surface area contributed by atoms with Gasteiger partial charge in [-0.3, -0.25) is 4.79 Å². The van der Waals surface area contributed by atoms with E-state index in [4.69, 9.17) is 10.5 Å². The van der Waals surface area contributed by atoms with Crippen LogP contribution in [0.1, 0.15) is 25.7 Å². The number of nitrogens with two attached hydrogens (primary N) is 1. The molecule has 1 heterocycles. The topological polar surface area (TPSA) is 89.7 Å². The Bertz CT molecular complexity index is 441. The summed E-state index contributed by atoms with van der Waals surface area (Å²) in [5.41, 5.74) is 5.88. The number of amides is 1. The van der Waals surface area contributed by atoms with E-state index in [0.29, 0.717) is 25.1 Å². The molecular weight excluding hydrogens is 280 g/mol. The molecule has 1 amide bonds. The van der Waals surface area contributed by atoms with Gasteiger partial charge in [0.1, 0.15) is 9.84 Å². The van der Waals surface area contributed by atoms with Gasteiger partial charge in [0.05, 0.1) is 18.4 Å². The van der Waals surface area contributed by atoms with Crippen LogP contribution >= 0.6 is 0 Å². The number of carbonyl (C=O) groups is 1. The molecule has 0 aromatic carbocycles. The van der Waals surface area contributed by atoms with Crippen molar-refractivity contribution in [2.75, 3.05) is 31.8 Å². The first kappa shape index (κ1) is 15.7. The van der Waals surface area contributed by atoms with Crippen LogP contribution < -0.4 is 5.73 Å². The second kappa shape index (κ2) is 6.41. The van der Waals surface area contributed by atoms with Crippen molar-refractivity contribution >= 4 is 15.7 Å². The fraction of sp³-hybridized carbons (Fsp3) is 0.923. The van der Waals surface area contributed by atoms with Gasteiger partial charge < -0.3 is 15.4 Å². The van der Waals surface area contributed by atoms with Crippen LogP contribution in [0.2, 0.25) is 0 Å². The SMILES string of the molecule is CS(=O)(=O)CCC(N)C(=O)N(CC1CCOC1)C1CC1. The van der Waals surface area contributed by atoms with Gasteiger partial charge in [0.25, 0.3) is 0 Å². The Morgan fingerprint density at radius 3 is 2.60 bits per heavy atom. The van der Waals surface area contributed by atoms with E-state index in [9.17, 15) is 13.2 Å². The largest absolute Gasteiger partial charge is 0.381 e. The molecule has 0 radical (unpaired) electrons. The molecule has 0 bridgehead atoms. The van der Waals surface area contributed by atoms with Crippen molar-refractivity contribution in [3.05, 3.63) is 0 Å². The highest BCUT2D eigenvalue weighted by Gasteiger charge is 2.36. The molecule has 0 aromatic heterocycles. The highest BCUT2D eigenvalue weighted by molar-refractivity contribution is 7.90. The predicted molar refractivity (Wildman–Crippen MR) is 76.0 cm³/mol. The van der Waals surface area contributed by atoms with Crippen molar-refractivity contribution in [2.24, 2.45) is 11.7 Å². The number of sulfone groups is 1. The van der Waals surface area contributed by atoms with Gasteiger partial charge in [0.15, 0.2) is 0 Å². The summed E-state index contributed by atoms with van der Waals surface area (Å²) in [6, 6.07) is -0.417. The minimum absolute atomic E-state index is 0.0368. The van der Waals surface area contributed by atoms with Crippen molar-refractivity contribution in [1.29, 1.82) is 0 Å². The molecule has 1 aliphatic carbocycles. The predicted octanol–water partition coefficient (Wildman–Crippen LogP) is -0.224. The zero-order chi connectivity index (χ0) is 14.8. The molecule has 0 aromatic rings. The third-order valence-corrected chi connectivity index (χ3v) is 4.84. The molecular formula is C13H24N2O4S. The van der Waals surface area contributed by atoms with E-state index < -0.39 is 15.9 Å². The lowest BCUT2D eigenvalue weighted by atomic mass is 10.1. The summed E-state index contributed by atoms with van der Waals surface area (Å²) in [6.45, 7) is 2.16. The van der Waals surface area contributed by atoms with Crippen molar-refractivity contribution < 1.29 is 17.9 Å². The fourth-order valence-corrected chi connectivity index (χ4v) is 3.17. The Kier molecular flexibility index (Phi) is 5.04. The smallest absolute Gasteiger partial charge is 0.239 e. The van der Waals surface area contributed by atoms with Crippen molar-refractivity contribution in [3.8, 4) is 0 Å². The Morgan fingerprint density at radius 1 is 1.40 bits per heavy atom. The zero-order valence-corrected chi connectivity index (χ0v) is 12.8. The van der Waals surface area contributed by atoms with E-state index in [-0.39, 0.29) is 18.1 Å². The molecule has 20 heavy (non-hydrogen) atoms. The van der Waals surface area contributed by atoms with Crippen molar-refractivity contribution in [1.82, 2.24) is 4.90 Å². The van der Waals surface area contributed by atoms with Gasteiger partial charge in [0.2, 0.25) is 5.91 Å². The summed E-state index contributed by atoms with van der Waals surface area (Å²) >= 11 is 0. The first-order chi connectivity index (χ1) is 9.37. The summed E-state index contributed by atoms with van der Waals surface area (Å²) in [5.74, 6) is 0.245. The summed E-state index contributed by atoms with van der Waals surface area (Å²) < 4.78 is 27.7. The Labute approximate surface area is 120 Å². The van der Waals surface area contributed by atoms with E-state index in [1.165, 1.54) is 6.26 Å². The molecule has 1 aliphatic heterocycles. The summed E-state index contributed by atoms with van der Waals surface area (Å²) in [4.78, 5) is 14.2. The van der Waals surface area contributed by atoms with E-state index >= 15 is 0 Å². The lowest BCUT2D eigenvalue weighted by Crippen LogP contribution is -2.47. The second-order valence-corrected chi connectivity index (χ2v) is 8.24. The Hall–Kier alpha value is -0.660. The first-order valence-corrected chi connectivity index (χ1v) is 9.24. The maximum Gasteiger partial charge on any atom is 0.239 e. The lowest BCUT2D eigenvalue weighted by molar-refractivity contribution is -0.133. The summed E-state index contributed by atoms with van der Waals surface area (Å²) in [6.07, 6.45) is 4.39. The van der Waals surface area contributed by atoms with Gasteiger partial charge in [0, 0.05) is 31.4 Å². The molecule has 116 valence electrons. The molecule has 2 aliphatic rings. The average Bonchev–Trinajstić information content (AvgIpc) is 3.08. The molecule has 1 saturated heterocycles. The zero-order valence-electron chi connectivity index (χ0n) is 12.0. The van der Waals surface area contributed by atoms with Gasteiger partial charge >= 0.3 is 0 Å². The molecule has 0 spiro atoms. The van der Waals surface area contributed by atoms with Gasteiger partial charge in [-0.2, -0.15) is 0 Å².